The first-order valence-electron chi connectivity index (χ1n) is 4.27. The second kappa shape index (κ2) is 3.42. The van der Waals surface area contributed by atoms with Gasteiger partial charge in [-0.3, -0.25) is 9.59 Å². The Kier molecular flexibility index (Phi) is 2.22. The third-order valence-corrected chi connectivity index (χ3v) is 2.20. The zero-order chi connectivity index (χ0) is 11.0. The van der Waals surface area contributed by atoms with Crippen molar-refractivity contribution in [3.8, 4) is 0 Å². The zero-order valence-electron chi connectivity index (χ0n) is 7.50. The molecule has 0 amide bonds. The van der Waals surface area contributed by atoms with Gasteiger partial charge in [-0.25, -0.2) is 8.78 Å². The van der Waals surface area contributed by atoms with Crippen LogP contribution in [-0.2, 0) is 14.3 Å². The van der Waals surface area contributed by atoms with Crippen molar-refractivity contribution in [1.29, 1.82) is 0 Å². The van der Waals surface area contributed by atoms with Crippen LogP contribution in [0.25, 0.3) is 0 Å². The highest BCUT2D eigenvalue weighted by atomic mass is 19.1. The first kappa shape index (κ1) is 9.76. The van der Waals surface area contributed by atoms with Gasteiger partial charge in [-0.1, -0.05) is 0 Å². The third kappa shape index (κ3) is 1.72. The second-order valence-corrected chi connectivity index (χ2v) is 3.22. The molecule has 1 aromatic rings. The molecule has 0 N–H and O–H groups in total. The number of esters is 2. The quantitative estimate of drug-likeness (QED) is 0.523. The lowest BCUT2D eigenvalue weighted by molar-refractivity contribution is -0.152. The molecule has 78 valence electrons. The Morgan fingerprint density at radius 3 is 2.60 bits per heavy atom. The molecule has 0 spiro atoms. The molecule has 0 bridgehead atoms. The summed E-state index contributed by atoms with van der Waals surface area (Å²) in [6.45, 7) is 0. The molecule has 1 heterocycles. The molecule has 0 aromatic heterocycles. The predicted octanol–water partition coefficient (Wildman–Crippen LogP) is 1.52. The smallest absolute Gasteiger partial charge is 0.321 e. The van der Waals surface area contributed by atoms with Gasteiger partial charge in [0, 0.05) is 5.56 Å². The molecule has 1 aromatic carbocycles. The summed E-state index contributed by atoms with van der Waals surface area (Å²) in [5, 5.41) is 0. The Bertz CT molecular complexity index is 442. The number of benzene rings is 1. The number of halogens is 2. The van der Waals surface area contributed by atoms with E-state index in [-0.39, 0.29) is 12.0 Å². The molecule has 1 fully saturated rings. The zero-order valence-corrected chi connectivity index (χ0v) is 7.50. The van der Waals surface area contributed by atoms with Gasteiger partial charge in [0.05, 0.1) is 12.3 Å². The van der Waals surface area contributed by atoms with Crippen LogP contribution in [0.15, 0.2) is 18.2 Å². The molecule has 5 heteroatoms. The van der Waals surface area contributed by atoms with Crippen LogP contribution in [0.5, 0.6) is 0 Å². The van der Waals surface area contributed by atoms with Crippen molar-refractivity contribution in [2.45, 2.75) is 12.3 Å². The average molecular weight is 212 g/mol. The van der Waals surface area contributed by atoms with Crippen molar-refractivity contribution in [3.63, 3.8) is 0 Å². The molecule has 0 radical (unpaired) electrons. The van der Waals surface area contributed by atoms with Crippen LogP contribution in [0.4, 0.5) is 8.78 Å². The summed E-state index contributed by atoms with van der Waals surface area (Å²) in [7, 11) is 0. The minimum absolute atomic E-state index is 0.133. The van der Waals surface area contributed by atoms with E-state index in [0.717, 1.165) is 18.2 Å². The number of ether oxygens (including phenoxy) is 1. The Morgan fingerprint density at radius 2 is 2.00 bits per heavy atom. The fourth-order valence-electron chi connectivity index (χ4n) is 1.49. The van der Waals surface area contributed by atoms with Gasteiger partial charge in [-0.15, -0.1) is 0 Å². The van der Waals surface area contributed by atoms with Crippen molar-refractivity contribution in [1.82, 2.24) is 0 Å². The summed E-state index contributed by atoms with van der Waals surface area (Å²) < 4.78 is 30.3. The lowest BCUT2D eigenvalue weighted by Crippen LogP contribution is -2.08. The van der Waals surface area contributed by atoms with E-state index in [1.807, 2.05) is 0 Å². The second-order valence-electron chi connectivity index (χ2n) is 3.22. The monoisotopic (exact) mass is 212 g/mol. The summed E-state index contributed by atoms with van der Waals surface area (Å²) >= 11 is 0. The van der Waals surface area contributed by atoms with Gasteiger partial charge < -0.3 is 4.74 Å². The van der Waals surface area contributed by atoms with Crippen molar-refractivity contribution in [3.05, 3.63) is 35.4 Å². The molecular formula is C10H6F2O3. The van der Waals surface area contributed by atoms with Gasteiger partial charge in [0.25, 0.3) is 0 Å². The number of hydrogen-bond donors (Lipinski definition) is 0. The highest BCUT2D eigenvalue weighted by Gasteiger charge is 2.36. The lowest BCUT2D eigenvalue weighted by Gasteiger charge is -2.05. The maximum atomic E-state index is 13.2. The van der Waals surface area contributed by atoms with Crippen LogP contribution in [0.3, 0.4) is 0 Å². The summed E-state index contributed by atoms with van der Waals surface area (Å²) in [6.07, 6.45) is -0.237. The Labute approximate surface area is 83.7 Å². The molecule has 1 aliphatic rings. The fourth-order valence-corrected chi connectivity index (χ4v) is 1.49. The van der Waals surface area contributed by atoms with E-state index >= 15 is 0 Å². The molecular weight excluding hydrogens is 206 g/mol. The van der Waals surface area contributed by atoms with Gasteiger partial charge in [0.1, 0.15) is 11.6 Å². The molecule has 1 unspecified atom stereocenters. The highest BCUT2D eigenvalue weighted by Crippen LogP contribution is 2.29. The molecule has 0 aliphatic carbocycles. The van der Waals surface area contributed by atoms with Gasteiger partial charge in [0.15, 0.2) is 0 Å². The summed E-state index contributed by atoms with van der Waals surface area (Å²) in [6, 6.07) is 2.77. The molecule has 0 saturated carbocycles. The SMILES string of the molecule is O=C1CC(c2cc(F)ccc2F)C(=O)O1. The molecule has 1 saturated heterocycles. The van der Waals surface area contributed by atoms with E-state index in [9.17, 15) is 18.4 Å². The first-order valence-corrected chi connectivity index (χ1v) is 4.27. The maximum absolute atomic E-state index is 13.2. The van der Waals surface area contributed by atoms with Crippen molar-refractivity contribution < 1.29 is 23.1 Å². The topological polar surface area (TPSA) is 43.4 Å². The third-order valence-electron chi connectivity index (χ3n) is 2.20. The van der Waals surface area contributed by atoms with Crippen molar-refractivity contribution >= 4 is 11.9 Å². The average Bonchev–Trinajstić information content (AvgIpc) is 2.50. The molecule has 3 nitrogen and oxygen atoms in total. The van der Waals surface area contributed by atoms with E-state index in [0.29, 0.717) is 0 Å². The van der Waals surface area contributed by atoms with Crippen LogP contribution >= 0.6 is 0 Å². The molecule has 1 aliphatic heterocycles. The Hall–Kier alpha value is -1.78. The number of carbonyl (C=O) groups is 2. The number of cyclic esters (lactones) is 2. The Balaban J connectivity index is 2.41. The minimum Gasteiger partial charge on any atom is -0.393 e. The van der Waals surface area contributed by atoms with E-state index in [2.05, 4.69) is 4.74 Å². The number of hydrogen-bond acceptors (Lipinski definition) is 3. The minimum atomic E-state index is -1.02. The van der Waals surface area contributed by atoms with Gasteiger partial charge in [-0.2, -0.15) is 0 Å². The summed E-state index contributed by atoms with van der Waals surface area (Å²) in [5.41, 5.74) is -0.133. The van der Waals surface area contributed by atoms with E-state index in [1.165, 1.54) is 0 Å². The number of carbonyl (C=O) groups excluding carboxylic acids is 2. The van der Waals surface area contributed by atoms with Gasteiger partial charge >= 0.3 is 11.9 Å². The first-order chi connectivity index (χ1) is 7.08. The van der Waals surface area contributed by atoms with Gasteiger partial charge in [-0.05, 0) is 18.2 Å². The van der Waals surface area contributed by atoms with E-state index in [4.69, 9.17) is 0 Å². The van der Waals surface area contributed by atoms with E-state index < -0.39 is 29.5 Å². The predicted molar refractivity (Wildman–Crippen MR) is 44.8 cm³/mol. The van der Waals surface area contributed by atoms with Gasteiger partial charge in [0.2, 0.25) is 0 Å². The number of rotatable bonds is 1. The maximum Gasteiger partial charge on any atom is 0.321 e. The largest absolute Gasteiger partial charge is 0.393 e. The Morgan fingerprint density at radius 1 is 1.27 bits per heavy atom. The molecule has 2 rings (SSSR count). The van der Waals surface area contributed by atoms with Crippen LogP contribution in [-0.4, -0.2) is 11.9 Å². The normalized spacial score (nSPS) is 20.5. The van der Waals surface area contributed by atoms with Crippen LogP contribution in [0, 0.1) is 11.6 Å². The van der Waals surface area contributed by atoms with Crippen LogP contribution in [0.1, 0.15) is 17.9 Å². The standard InChI is InChI=1S/C10H6F2O3/c11-5-1-2-8(12)6(3-5)7-4-9(13)15-10(7)14/h1-3,7H,4H2. The van der Waals surface area contributed by atoms with Crippen molar-refractivity contribution in [2.75, 3.05) is 0 Å². The van der Waals surface area contributed by atoms with E-state index in [1.54, 1.807) is 0 Å². The van der Waals surface area contributed by atoms with Crippen LogP contribution in [0.2, 0.25) is 0 Å². The molecule has 15 heavy (non-hydrogen) atoms. The summed E-state index contributed by atoms with van der Waals surface area (Å²) in [4.78, 5) is 21.9. The lowest BCUT2D eigenvalue weighted by atomic mass is 9.97. The highest BCUT2D eigenvalue weighted by molar-refractivity contribution is 5.97. The summed E-state index contributed by atoms with van der Waals surface area (Å²) in [5.74, 6) is -3.93. The fraction of sp³-hybridized carbons (Fsp3) is 0.200. The van der Waals surface area contributed by atoms with Crippen molar-refractivity contribution in [2.24, 2.45) is 0 Å². The molecule has 1 atom stereocenters. The van der Waals surface area contributed by atoms with Crippen LogP contribution < -0.4 is 0 Å².